The highest BCUT2D eigenvalue weighted by Crippen LogP contribution is 2.10. The van der Waals surface area contributed by atoms with Crippen molar-refractivity contribution < 1.29 is 14.7 Å². The van der Waals surface area contributed by atoms with Crippen molar-refractivity contribution in [3.05, 3.63) is 9.81 Å². The molecule has 0 aromatic rings. The number of carboxylic acid groups (broad SMARTS) is 1. The van der Waals surface area contributed by atoms with Gasteiger partial charge < -0.3 is 10.8 Å². The SMILES string of the molecule is CNN(CCCCC(C(=O)O)N(N=O)C(N)=O)N=O. The lowest BCUT2D eigenvalue weighted by molar-refractivity contribution is -0.142. The summed E-state index contributed by atoms with van der Waals surface area (Å²) in [6.07, 6.45) is 0.756. The number of nitroso groups, excluding NO2 is 2. The first kappa shape index (κ1) is 16.7. The highest BCUT2D eigenvalue weighted by atomic mass is 16.4. The molecule has 0 spiro atoms. The van der Waals surface area contributed by atoms with Gasteiger partial charge in [-0.2, -0.15) is 10.1 Å². The fraction of sp³-hybridized carbons (Fsp3) is 0.750. The standard InChI is InChI=1S/C8H16N6O5/c1-10-13(11-18)5-3-2-4-6(7(15)16)14(12-19)8(9)17/h6,10H,2-5H2,1H3,(H2,9,17)(H,15,16). The molecule has 0 aromatic carbocycles. The first-order valence-corrected chi connectivity index (χ1v) is 5.40. The average molecular weight is 276 g/mol. The summed E-state index contributed by atoms with van der Waals surface area (Å²) in [6.45, 7) is 0.261. The highest BCUT2D eigenvalue weighted by molar-refractivity contribution is 5.81. The molecule has 1 unspecified atom stereocenters. The molecule has 2 amide bonds. The number of unbranched alkanes of at least 4 members (excludes halogenated alkanes) is 1. The van der Waals surface area contributed by atoms with Crippen LogP contribution in [-0.2, 0) is 4.79 Å². The summed E-state index contributed by atoms with van der Waals surface area (Å²) in [4.78, 5) is 42.3. The van der Waals surface area contributed by atoms with Crippen LogP contribution in [0.1, 0.15) is 19.3 Å². The Morgan fingerprint density at radius 2 is 1.95 bits per heavy atom. The van der Waals surface area contributed by atoms with E-state index in [0.29, 0.717) is 12.8 Å². The van der Waals surface area contributed by atoms with Crippen molar-refractivity contribution >= 4 is 12.0 Å². The summed E-state index contributed by atoms with van der Waals surface area (Å²) in [5.74, 6) is -1.38. The Bertz CT molecular complexity index is 338. The molecule has 1 atom stereocenters. The molecule has 0 heterocycles. The molecule has 0 saturated carbocycles. The smallest absolute Gasteiger partial charge is 0.338 e. The van der Waals surface area contributed by atoms with E-state index in [1.165, 1.54) is 7.05 Å². The molecule has 11 nitrogen and oxygen atoms in total. The molecule has 0 saturated heterocycles. The lowest BCUT2D eigenvalue weighted by Gasteiger charge is -2.19. The third-order valence-corrected chi connectivity index (χ3v) is 2.35. The summed E-state index contributed by atoms with van der Waals surface area (Å²) >= 11 is 0. The van der Waals surface area contributed by atoms with Gasteiger partial charge in [0.05, 0.1) is 17.1 Å². The van der Waals surface area contributed by atoms with E-state index < -0.39 is 18.0 Å². The van der Waals surface area contributed by atoms with Crippen molar-refractivity contribution in [3.63, 3.8) is 0 Å². The second-order valence-corrected chi connectivity index (χ2v) is 3.54. The van der Waals surface area contributed by atoms with E-state index in [1.807, 2.05) is 0 Å². The van der Waals surface area contributed by atoms with Gasteiger partial charge in [0.2, 0.25) is 0 Å². The van der Waals surface area contributed by atoms with E-state index in [-0.39, 0.29) is 18.0 Å². The van der Waals surface area contributed by atoms with E-state index in [4.69, 9.17) is 10.8 Å². The van der Waals surface area contributed by atoms with E-state index in [0.717, 1.165) is 5.12 Å². The summed E-state index contributed by atoms with van der Waals surface area (Å²) in [5.41, 5.74) is 7.34. The normalized spacial score (nSPS) is 11.4. The minimum atomic E-state index is -1.41. The molecule has 0 fully saturated rings. The number of primary amides is 1. The van der Waals surface area contributed by atoms with Crippen LogP contribution in [0.2, 0.25) is 0 Å². The molecule has 0 aliphatic rings. The number of carboxylic acids is 1. The van der Waals surface area contributed by atoms with Crippen LogP contribution >= 0.6 is 0 Å². The monoisotopic (exact) mass is 276 g/mol. The maximum atomic E-state index is 10.9. The zero-order valence-corrected chi connectivity index (χ0v) is 10.4. The summed E-state index contributed by atoms with van der Waals surface area (Å²) in [5, 5.41) is 15.0. The number of amides is 2. The Labute approximate surface area is 108 Å². The van der Waals surface area contributed by atoms with Gasteiger partial charge in [0.15, 0.2) is 6.04 Å². The molecule has 4 N–H and O–H groups in total. The number of urea groups is 1. The van der Waals surface area contributed by atoms with Gasteiger partial charge in [-0.3, -0.25) is 0 Å². The Morgan fingerprint density at radius 3 is 2.32 bits per heavy atom. The van der Waals surface area contributed by atoms with Gasteiger partial charge in [0, 0.05) is 7.05 Å². The van der Waals surface area contributed by atoms with E-state index in [1.54, 1.807) is 0 Å². The number of hydrazine groups is 1. The van der Waals surface area contributed by atoms with Gasteiger partial charge in [0.1, 0.15) is 0 Å². The average Bonchev–Trinajstić information content (AvgIpc) is 2.36. The maximum Gasteiger partial charge on any atom is 0.338 e. The topological polar surface area (TPSA) is 158 Å². The highest BCUT2D eigenvalue weighted by Gasteiger charge is 2.29. The van der Waals surface area contributed by atoms with Gasteiger partial charge in [-0.05, 0) is 19.3 Å². The fourth-order valence-electron chi connectivity index (χ4n) is 1.39. The third-order valence-electron chi connectivity index (χ3n) is 2.35. The molecule has 11 heteroatoms. The third kappa shape index (κ3) is 5.72. The molecule has 19 heavy (non-hydrogen) atoms. The van der Waals surface area contributed by atoms with Gasteiger partial charge in [-0.15, -0.1) is 9.81 Å². The van der Waals surface area contributed by atoms with Crippen LogP contribution in [0.25, 0.3) is 0 Å². The minimum absolute atomic E-state index is 0.0135. The number of aliphatic carboxylic acids is 1. The fourth-order valence-corrected chi connectivity index (χ4v) is 1.39. The Hall–Kier alpha value is -2.30. The number of nitrogens with zero attached hydrogens (tertiary/aromatic N) is 4. The molecule has 0 bridgehead atoms. The van der Waals surface area contributed by atoms with Gasteiger partial charge in [-0.25, -0.2) is 15.0 Å². The van der Waals surface area contributed by atoms with Crippen LogP contribution in [0, 0.1) is 9.81 Å². The van der Waals surface area contributed by atoms with Crippen molar-refractivity contribution in [2.75, 3.05) is 13.6 Å². The predicted octanol–water partition coefficient (Wildman–Crippen LogP) is -0.210. The number of hydrogen-bond acceptors (Lipinski definition) is 7. The lowest BCUT2D eigenvalue weighted by atomic mass is 10.1. The maximum absolute atomic E-state index is 10.9. The Kier molecular flexibility index (Phi) is 7.68. The lowest BCUT2D eigenvalue weighted by Crippen LogP contribution is -2.44. The molecular weight excluding hydrogens is 260 g/mol. The second-order valence-electron chi connectivity index (χ2n) is 3.54. The van der Waals surface area contributed by atoms with Crippen LogP contribution in [0.3, 0.4) is 0 Å². The van der Waals surface area contributed by atoms with E-state index in [2.05, 4.69) is 16.0 Å². The van der Waals surface area contributed by atoms with Gasteiger partial charge >= 0.3 is 12.0 Å². The first-order chi connectivity index (χ1) is 8.97. The van der Waals surface area contributed by atoms with Gasteiger partial charge in [0.25, 0.3) is 0 Å². The quantitative estimate of drug-likeness (QED) is 0.283. The summed E-state index contributed by atoms with van der Waals surface area (Å²) in [6, 6.07) is -2.64. The number of nitrogens with one attached hydrogen (secondary N) is 1. The molecular formula is C8H16N6O5. The largest absolute Gasteiger partial charge is 0.480 e. The van der Waals surface area contributed by atoms with Crippen molar-refractivity contribution in [3.8, 4) is 0 Å². The van der Waals surface area contributed by atoms with Crippen molar-refractivity contribution in [2.45, 2.75) is 25.3 Å². The molecule has 0 aliphatic carbocycles. The molecule has 0 radical (unpaired) electrons. The first-order valence-electron chi connectivity index (χ1n) is 5.40. The molecule has 0 aliphatic heterocycles. The van der Waals surface area contributed by atoms with Crippen LogP contribution in [-0.4, -0.2) is 46.9 Å². The summed E-state index contributed by atoms with van der Waals surface area (Å²) < 4.78 is 0. The molecule has 0 aromatic heterocycles. The number of carbonyl (C=O) groups is 2. The Balaban J connectivity index is 4.30. The molecule has 0 rings (SSSR count). The number of carbonyl (C=O) groups excluding carboxylic acids is 1. The van der Waals surface area contributed by atoms with Crippen molar-refractivity contribution in [1.82, 2.24) is 15.6 Å². The molecule has 108 valence electrons. The van der Waals surface area contributed by atoms with Crippen LogP contribution < -0.4 is 11.2 Å². The van der Waals surface area contributed by atoms with Crippen LogP contribution in [0.15, 0.2) is 10.6 Å². The number of nitrogens with two attached hydrogens (primary N) is 1. The predicted molar refractivity (Wildman–Crippen MR) is 64.1 cm³/mol. The van der Waals surface area contributed by atoms with E-state index >= 15 is 0 Å². The second kappa shape index (κ2) is 8.74. The van der Waals surface area contributed by atoms with Crippen molar-refractivity contribution in [2.24, 2.45) is 16.3 Å². The van der Waals surface area contributed by atoms with Crippen LogP contribution in [0.4, 0.5) is 4.79 Å². The summed E-state index contributed by atoms with van der Waals surface area (Å²) in [7, 11) is 1.51. The van der Waals surface area contributed by atoms with Gasteiger partial charge in [-0.1, -0.05) is 0 Å². The van der Waals surface area contributed by atoms with Crippen molar-refractivity contribution in [1.29, 1.82) is 0 Å². The van der Waals surface area contributed by atoms with Crippen LogP contribution in [0.5, 0.6) is 0 Å². The Morgan fingerprint density at radius 1 is 1.32 bits per heavy atom. The minimum Gasteiger partial charge on any atom is -0.480 e. The van der Waals surface area contributed by atoms with E-state index in [9.17, 15) is 19.4 Å². The zero-order valence-electron chi connectivity index (χ0n) is 10.4. The number of hydrogen-bond donors (Lipinski definition) is 3. The zero-order chi connectivity index (χ0) is 14.8. The number of rotatable bonds is 10.